The van der Waals surface area contributed by atoms with E-state index in [9.17, 15) is 18.7 Å². The van der Waals surface area contributed by atoms with E-state index >= 15 is 0 Å². The van der Waals surface area contributed by atoms with Gasteiger partial charge in [0.25, 0.3) is 0 Å². The van der Waals surface area contributed by atoms with Crippen LogP contribution in [0.2, 0.25) is 0 Å². The maximum absolute atomic E-state index is 13.7. The number of allylic oxidation sites excluding steroid dienone is 1. The first kappa shape index (κ1) is 16.7. The number of carbonyl (C=O) groups is 1. The van der Waals surface area contributed by atoms with E-state index in [0.717, 1.165) is 17.9 Å². The average Bonchev–Trinajstić information content (AvgIpc) is 2.38. The maximum atomic E-state index is 13.7. The smallest absolute Gasteiger partial charge is 0.334 e. The molecule has 1 aliphatic rings. The molecule has 0 aromatic heterocycles. The Morgan fingerprint density at radius 3 is 2.47 bits per heavy atom. The second-order valence-corrected chi connectivity index (χ2v) is 7.57. The van der Waals surface area contributed by atoms with Crippen molar-refractivity contribution in [3.63, 3.8) is 0 Å². The molecular weight excluding hydrogens is 290 g/mol. The minimum absolute atomic E-state index is 0.272. The third kappa shape index (κ3) is 4.07. The Morgan fingerprint density at radius 1 is 1.42 bits per heavy atom. The van der Waals surface area contributed by atoms with Crippen LogP contribution >= 0.6 is 23.5 Å². The molecule has 0 aromatic carbocycles. The number of Topliss-reactive ketones (excluding diaryl/α,β-unsaturated/α-hetero) is 1. The topological polar surface area (TPSA) is 37.3 Å². The molecule has 1 fully saturated rings. The summed E-state index contributed by atoms with van der Waals surface area (Å²) in [6, 6.07) is 0. The summed E-state index contributed by atoms with van der Waals surface area (Å²) in [5, 5.41) is 9.18. The van der Waals surface area contributed by atoms with E-state index < -0.39 is 21.9 Å². The largest absolute Gasteiger partial charge is 0.382 e. The fraction of sp³-hybridized carbons (Fsp3) is 0.615. The number of aliphatic hydroxyl groups excluding tert-OH is 1. The molecule has 0 aromatic rings. The Bertz CT molecular complexity index is 353. The van der Waals surface area contributed by atoms with Crippen LogP contribution in [0, 0.1) is 0 Å². The number of halogens is 2. The predicted octanol–water partition coefficient (Wildman–Crippen LogP) is 3.27. The van der Waals surface area contributed by atoms with Gasteiger partial charge in [0.2, 0.25) is 5.78 Å². The lowest BCUT2D eigenvalue weighted by Crippen LogP contribution is -2.43. The number of hydrogen-bond acceptors (Lipinski definition) is 4. The van der Waals surface area contributed by atoms with Gasteiger partial charge in [-0.3, -0.25) is 4.79 Å². The van der Waals surface area contributed by atoms with Crippen LogP contribution < -0.4 is 0 Å². The Kier molecular flexibility index (Phi) is 6.08. The van der Waals surface area contributed by atoms with Gasteiger partial charge in [0.15, 0.2) is 0 Å². The van der Waals surface area contributed by atoms with Gasteiger partial charge in [-0.1, -0.05) is 12.2 Å². The van der Waals surface area contributed by atoms with Crippen LogP contribution in [-0.4, -0.2) is 38.5 Å². The molecule has 1 rings (SSSR count). The van der Waals surface area contributed by atoms with Crippen molar-refractivity contribution in [1.29, 1.82) is 0 Å². The molecule has 0 aliphatic carbocycles. The molecule has 19 heavy (non-hydrogen) atoms. The first-order valence-corrected chi connectivity index (χ1v) is 7.95. The summed E-state index contributed by atoms with van der Waals surface area (Å²) in [5.74, 6) is -3.30. The highest BCUT2D eigenvalue weighted by Crippen LogP contribution is 2.48. The third-order valence-electron chi connectivity index (χ3n) is 2.87. The highest BCUT2D eigenvalue weighted by Gasteiger charge is 2.48. The van der Waals surface area contributed by atoms with Crippen LogP contribution in [0.25, 0.3) is 0 Å². The van der Waals surface area contributed by atoms with Crippen LogP contribution in [-0.2, 0) is 4.79 Å². The first-order chi connectivity index (χ1) is 8.88. The molecule has 1 atom stereocenters. The first-order valence-electron chi connectivity index (χ1n) is 5.98. The van der Waals surface area contributed by atoms with Gasteiger partial charge in [0, 0.05) is 6.42 Å². The zero-order chi connectivity index (χ0) is 14.5. The molecule has 1 aliphatic heterocycles. The third-order valence-corrected chi connectivity index (χ3v) is 6.24. The van der Waals surface area contributed by atoms with Crippen LogP contribution in [0.15, 0.2) is 25.3 Å². The number of carbonyl (C=O) groups excluding carboxylic acids is 1. The van der Waals surface area contributed by atoms with Gasteiger partial charge in [0.05, 0.1) is 4.08 Å². The van der Waals surface area contributed by atoms with Crippen molar-refractivity contribution in [3.8, 4) is 0 Å². The highest BCUT2D eigenvalue weighted by atomic mass is 32.2. The van der Waals surface area contributed by atoms with Crippen molar-refractivity contribution in [1.82, 2.24) is 0 Å². The van der Waals surface area contributed by atoms with E-state index in [1.165, 1.54) is 23.5 Å². The lowest BCUT2D eigenvalue weighted by atomic mass is 10.0. The zero-order valence-corrected chi connectivity index (χ0v) is 12.2. The monoisotopic (exact) mass is 308 g/mol. The highest BCUT2D eigenvalue weighted by molar-refractivity contribution is 8.18. The van der Waals surface area contributed by atoms with Gasteiger partial charge in [-0.05, 0) is 24.3 Å². The van der Waals surface area contributed by atoms with Gasteiger partial charge in [-0.2, -0.15) is 8.78 Å². The standard InChI is InChI=1S/C13H18F2O2S2/c1-3-6-12(18-7-5-8-19-12)9-11(17)13(14,15)10(16)4-2/h3-4,10,16H,1-2,5-9H2. The van der Waals surface area contributed by atoms with Crippen LogP contribution in [0.3, 0.4) is 0 Å². The van der Waals surface area contributed by atoms with Crippen molar-refractivity contribution in [2.75, 3.05) is 11.5 Å². The summed E-state index contributed by atoms with van der Waals surface area (Å²) in [6.07, 6.45) is 1.45. The molecule has 0 bridgehead atoms. The number of thioether (sulfide) groups is 2. The van der Waals surface area contributed by atoms with Gasteiger partial charge >= 0.3 is 5.92 Å². The van der Waals surface area contributed by atoms with E-state index in [-0.39, 0.29) is 6.42 Å². The molecule has 1 saturated heterocycles. The van der Waals surface area contributed by atoms with Crippen molar-refractivity contribution in [2.24, 2.45) is 0 Å². The molecule has 1 unspecified atom stereocenters. The molecule has 6 heteroatoms. The van der Waals surface area contributed by atoms with Crippen LogP contribution in [0.5, 0.6) is 0 Å². The lowest BCUT2D eigenvalue weighted by molar-refractivity contribution is -0.155. The van der Waals surface area contributed by atoms with Crippen LogP contribution in [0.4, 0.5) is 8.78 Å². The number of rotatable bonds is 7. The molecule has 0 spiro atoms. The van der Waals surface area contributed by atoms with Crippen LogP contribution in [0.1, 0.15) is 19.3 Å². The normalized spacial score (nSPS) is 20.6. The lowest BCUT2D eigenvalue weighted by Gasteiger charge is -2.36. The van der Waals surface area contributed by atoms with Crippen molar-refractivity contribution >= 4 is 29.3 Å². The van der Waals surface area contributed by atoms with E-state index in [2.05, 4.69) is 13.2 Å². The number of ketones is 1. The molecule has 108 valence electrons. The van der Waals surface area contributed by atoms with Gasteiger partial charge in [-0.25, -0.2) is 0 Å². The molecule has 0 radical (unpaired) electrons. The fourth-order valence-electron chi connectivity index (χ4n) is 1.80. The number of aliphatic hydroxyl groups is 1. The Hall–Kier alpha value is -0.330. The molecule has 0 saturated carbocycles. The van der Waals surface area contributed by atoms with E-state index in [4.69, 9.17) is 0 Å². The van der Waals surface area contributed by atoms with E-state index in [1.54, 1.807) is 6.08 Å². The van der Waals surface area contributed by atoms with Crippen molar-refractivity contribution in [2.45, 2.75) is 35.4 Å². The summed E-state index contributed by atoms with van der Waals surface area (Å²) in [5.41, 5.74) is 0. The SMILES string of the molecule is C=CCC1(CC(=O)C(F)(F)C(O)C=C)SCCCS1. The summed E-state index contributed by atoms with van der Waals surface area (Å²) < 4.78 is 26.8. The second-order valence-electron chi connectivity index (χ2n) is 4.36. The summed E-state index contributed by atoms with van der Waals surface area (Å²) in [6.45, 7) is 6.73. The average molecular weight is 308 g/mol. The molecule has 2 nitrogen and oxygen atoms in total. The summed E-state index contributed by atoms with van der Waals surface area (Å²) in [7, 11) is 0. The fourth-order valence-corrected chi connectivity index (χ4v) is 5.08. The Balaban J connectivity index is 2.81. The Morgan fingerprint density at radius 2 is 2.00 bits per heavy atom. The molecule has 1 N–H and O–H groups in total. The maximum Gasteiger partial charge on any atom is 0.334 e. The minimum Gasteiger partial charge on any atom is -0.382 e. The van der Waals surface area contributed by atoms with E-state index in [0.29, 0.717) is 12.5 Å². The second kappa shape index (κ2) is 6.90. The predicted molar refractivity (Wildman–Crippen MR) is 77.9 cm³/mol. The quantitative estimate of drug-likeness (QED) is 0.733. The molecule has 0 amide bonds. The van der Waals surface area contributed by atoms with Gasteiger partial charge in [0.1, 0.15) is 6.10 Å². The van der Waals surface area contributed by atoms with Crippen molar-refractivity contribution in [3.05, 3.63) is 25.3 Å². The summed E-state index contributed by atoms with van der Waals surface area (Å²) in [4.78, 5) is 11.8. The summed E-state index contributed by atoms with van der Waals surface area (Å²) >= 11 is 3.06. The van der Waals surface area contributed by atoms with Crippen molar-refractivity contribution < 1.29 is 18.7 Å². The zero-order valence-electron chi connectivity index (χ0n) is 10.6. The minimum atomic E-state index is -3.77. The number of hydrogen-bond donors (Lipinski definition) is 1. The van der Waals surface area contributed by atoms with Gasteiger partial charge < -0.3 is 5.11 Å². The number of alkyl halides is 2. The molecular formula is C13H18F2O2S2. The Labute approximate surface area is 120 Å². The molecule has 1 heterocycles. The van der Waals surface area contributed by atoms with Gasteiger partial charge in [-0.15, -0.1) is 36.7 Å². The van der Waals surface area contributed by atoms with E-state index in [1.807, 2.05) is 0 Å².